The molecular weight excluding hydrogens is 341 g/mol. The average Bonchev–Trinajstić information content (AvgIpc) is 2.72. The molecular formula is C22H20FN3O. The summed E-state index contributed by atoms with van der Waals surface area (Å²) >= 11 is 0. The van der Waals surface area contributed by atoms with E-state index in [4.69, 9.17) is 10.5 Å². The van der Waals surface area contributed by atoms with Crippen molar-refractivity contribution < 1.29 is 9.13 Å². The number of hydrogen-bond donors (Lipinski definition) is 1. The van der Waals surface area contributed by atoms with E-state index in [0.717, 1.165) is 5.56 Å². The molecule has 136 valence electrons. The number of ether oxygens (including phenoxy) is 1. The molecule has 0 amide bonds. The van der Waals surface area contributed by atoms with Gasteiger partial charge in [0, 0.05) is 17.3 Å². The number of allylic oxidation sites excluding steroid dienone is 1. The number of rotatable bonds is 6. The summed E-state index contributed by atoms with van der Waals surface area (Å²) in [6.45, 7) is 0.187. The number of aromatic nitrogens is 1. The maximum Gasteiger partial charge on any atom is 0.128 e. The van der Waals surface area contributed by atoms with E-state index in [0.29, 0.717) is 28.4 Å². The molecule has 0 spiro atoms. The van der Waals surface area contributed by atoms with Crippen LogP contribution < -0.4 is 10.5 Å². The normalized spacial score (nSPS) is 12.1. The first-order chi connectivity index (χ1) is 13.2. The summed E-state index contributed by atoms with van der Waals surface area (Å²) in [4.78, 5) is 8.87. The molecule has 5 heteroatoms. The largest absolute Gasteiger partial charge is 0.496 e. The lowest BCUT2D eigenvalue weighted by molar-refractivity contribution is 0.414. The third kappa shape index (κ3) is 4.58. The summed E-state index contributed by atoms with van der Waals surface area (Å²) in [5.74, 6) is 0.372. The van der Waals surface area contributed by atoms with Crippen molar-refractivity contribution in [2.75, 3.05) is 7.11 Å². The summed E-state index contributed by atoms with van der Waals surface area (Å²) < 4.78 is 19.4. The van der Waals surface area contributed by atoms with E-state index in [1.165, 1.54) is 6.07 Å². The number of para-hydroxylation sites is 1. The van der Waals surface area contributed by atoms with E-state index in [-0.39, 0.29) is 12.4 Å². The highest BCUT2D eigenvalue weighted by molar-refractivity contribution is 6.13. The van der Waals surface area contributed by atoms with Gasteiger partial charge in [0.05, 0.1) is 30.8 Å². The molecule has 0 fully saturated rings. The number of nitrogens with zero attached hydrogens (tertiary/aromatic N) is 2. The quantitative estimate of drug-likeness (QED) is 0.669. The molecule has 0 aliphatic heterocycles. The Labute approximate surface area is 157 Å². The van der Waals surface area contributed by atoms with Crippen LogP contribution in [-0.4, -0.2) is 17.8 Å². The lowest BCUT2D eigenvalue weighted by Gasteiger charge is -2.10. The number of halogens is 1. The first-order valence-electron chi connectivity index (χ1n) is 8.49. The van der Waals surface area contributed by atoms with Gasteiger partial charge in [-0.1, -0.05) is 36.4 Å². The maximum atomic E-state index is 14.0. The Morgan fingerprint density at radius 1 is 1.07 bits per heavy atom. The number of benzene rings is 2. The standard InChI is InChI=1S/C22H20FN3O/c1-27-22-12-5-3-9-17(22)21(14-19(24)20-11-6-7-13-25-20)26-15-16-8-2-4-10-18(16)23/h2-14H,15,24H2,1H3. The molecule has 27 heavy (non-hydrogen) atoms. The first kappa shape index (κ1) is 18.3. The highest BCUT2D eigenvalue weighted by Gasteiger charge is 2.10. The lowest BCUT2D eigenvalue weighted by Crippen LogP contribution is -2.07. The van der Waals surface area contributed by atoms with Crippen LogP contribution >= 0.6 is 0 Å². The second-order valence-corrected chi connectivity index (χ2v) is 5.81. The fourth-order valence-corrected chi connectivity index (χ4v) is 2.62. The van der Waals surface area contributed by atoms with Gasteiger partial charge in [0.2, 0.25) is 0 Å². The minimum atomic E-state index is -0.290. The number of methoxy groups -OCH3 is 1. The molecule has 0 bridgehead atoms. The topological polar surface area (TPSA) is 60.5 Å². The summed E-state index contributed by atoms with van der Waals surface area (Å²) in [6, 6.07) is 19.6. The molecule has 0 atom stereocenters. The number of hydrogen-bond acceptors (Lipinski definition) is 4. The SMILES string of the molecule is COc1ccccc1C(C=C(N)c1ccccn1)=NCc1ccccc1F. The Kier molecular flexibility index (Phi) is 5.94. The van der Waals surface area contributed by atoms with E-state index >= 15 is 0 Å². The fraction of sp³-hybridized carbons (Fsp3) is 0.0909. The summed E-state index contributed by atoms with van der Waals surface area (Å²) in [5, 5.41) is 0. The summed E-state index contributed by atoms with van der Waals surface area (Å²) in [5.41, 5.74) is 9.22. The molecule has 4 nitrogen and oxygen atoms in total. The van der Waals surface area contributed by atoms with Gasteiger partial charge in [0.25, 0.3) is 0 Å². The van der Waals surface area contributed by atoms with Crippen molar-refractivity contribution in [3.8, 4) is 5.75 Å². The van der Waals surface area contributed by atoms with Crippen molar-refractivity contribution in [2.24, 2.45) is 10.7 Å². The van der Waals surface area contributed by atoms with Crippen molar-refractivity contribution in [2.45, 2.75) is 6.54 Å². The van der Waals surface area contributed by atoms with Crippen LogP contribution in [0.5, 0.6) is 5.75 Å². The molecule has 3 rings (SSSR count). The molecule has 1 aromatic heterocycles. The molecule has 1 heterocycles. The Morgan fingerprint density at radius 2 is 1.81 bits per heavy atom. The van der Waals surface area contributed by atoms with Gasteiger partial charge in [0.15, 0.2) is 0 Å². The molecule has 0 saturated carbocycles. The van der Waals surface area contributed by atoms with Gasteiger partial charge in [-0.05, 0) is 36.4 Å². The van der Waals surface area contributed by atoms with Crippen molar-refractivity contribution in [3.63, 3.8) is 0 Å². The molecule has 0 saturated heterocycles. The second kappa shape index (κ2) is 8.76. The summed E-state index contributed by atoms with van der Waals surface area (Å²) in [7, 11) is 1.60. The van der Waals surface area contributed by atoms with E-state index in [1.807, 2.05) is 42.5 Å². The van der Waals surface area contributed by atoms with Gasteiger partial charge in [-0.15, -0.1) is 0 Å². The van der Waals surface area contributed by atoms with Crippen molar-refractivity contribution in [1.29, 1.82) is 0 Å². The van der Waals surface area contributed by atoms with Gasteiger partial charge < -0.3 is 10.5 Å². The number of pyridine rings is 1. The number of aliphatic imine (C=N–C) groups is 1. The predicted octanol–water partition coefficient (Wildman–Crippen LogP) is 4.22. The number of nitrogens with two attached hydrogens (primary N) is 1. The average molecular weight is 361 g/mol. The molecule has 3 aromatic rings. The van der Waals surface area contributed by atoms with Crippen molar-refractivity contribution in [1.82, 2.24) is 4.98 Å². The minimum Gasteiger partial charge on any atom is -0.496 e. The Hall–Kier alpha value is -3.47. The van der Waals surface area contributed by atoms with Crippen LogP contribution in [0.4, 0.5) is 4.39 Å². The van der Waals surface area contributed by atoms with Crippen molar-refractivity contribution >= 4 is 11.4 Å². The van der Waals surface area contributed by atoms with Gasteiger partial charge in [-0.2, -0.15) is 0 Å². The van der Waals surface area contributed by atoms with Crippen LogP contribution in [0.2, 0.25) is 0 Å². The molecule has 0 aliphatic rings. The van der Waals surface area contributed by atoms with Crippen LogP contribution in [0.15, 0.2) is 84.0 Å². The third-order valence-electron chi connectivity index (χ3n) is 4.01. The van der Waals surface area contributed by atoms with Crippen LogP contribution in [0, 0.1) is 5.82 Å². The van der Waals surface area contributed by atoms with Crippen LogP contribution in [-0.2, 0) is 6.54 Å². The third-order valence-corrected chi connectivity index (χ3v) is 4.01. The molecule has 0 unspecified atom stereocenters. The van der Waals surface area contributed by atoms with E-state index in [9.17, 15) is 4.39 Å². The zero-order valence-corrected chi connectivity index (χ0v) is 15.0. The lowest BCUT2D eigenvalue weighted by atomic mass is 10.1. The predicted molar refractivity (Wildman–Crippen MR) is 106 cm³/mol. The molecule has 0 radical (unpaired) electrons. The van der Waals surface area contributed by atoms with Crippen LogP contribution in [0.1, 0.15) is 16.8 Å². The minimum absolute atomic E-state index is 0.187. The van der Waals surface area contributed by atoms with E-state index in [1.54, 1.807) is 37.6 Å². The van der Waals surface area contributed by atoms with E-state index in [2.05, 4.69) is 9.98 Å². The fourth-order valence-electron chi connectivity index (χ4n) is 2.62. The van der Waals surface area contributed by atoms with Crippen LogP contribution in [0.3, 0.4) is 0 Å². The molecule has 2 aromatic carbocycles. The van der Waals surface area contributed by atoms with Gasteiger partial charge >= 0.3 is 0 Å². The van der Waals surface area contributed by atoms with Gasteiger partial charge in [0.1, 0.15) is 11.6 Å². The smallest absolute Gasteiger partial charge is 0.128 e. The van der Waals surface area contributed by atoms with Gasteiger partial charge in [-0.3, -0.25) is 9.98 Å². The Bertz CT molecular complexity index is 968. The van der Waals surface area contributed by atoms with E-state index < -0.39 is 0 Å². The summed E-state index contributed by atoms with van der Waals surface area (Å²) in [6.07, 6.45) is 3.41. The molecule has 2 N–H and O–H groups in total. The molecule has 0 aliphatic carbocycles. The van der Waals surface area contributed by atoms with Crippen LogP contribution in [0.25, 0.3) is 5.70 Å². The second-order valence-electron chi connectivity index (χ2n) is 5.81. The Morgan fingerprint density at radius 3 is 2.56 bits per heavy atom. The maximum absolute atomic E-state index is 14.0. The highest BCUT2D eigenvalue weighted by atomic mass is 19.1. The zero-order valence-electron chi connectivity index (χ0n) is 15.0. The Balaban J connectivity index is 2.04. The monoisotopic (exact) mass is 361 g/mol. The first-order valence-corrected chi connectivity index (χ1v) is 8.49. The highest BCUT2D eigenvalue weighted by Crippen LogP contribution is 2.21. The zero-order chi connectivity index (χ0) is 19.1. The van der Waals surface area contributed by atoms with Crippen molar-refractivity contribution in [3.05, 3.63) is 102 Å². The van der Waals surface area contributed by atoms with Gasteiger partial charge in [-0.25, -0.2) is 4.39 Å².